The van der Waals surface area contributed by atoms with E-state index >= 15 is 0 Å². The molecule has 1 aromatic heterocycles. The summed E-state index contributed by atoms with van der Waals surface area (Å²) in [6.07, 6.45) is 0. The van der Waals surface area contributed by atoms with Crippen LogP contribution in [0.3, 0.4) is 0 Å². The summed E-state index contributed by atoms with van der Waals surface area (Å²) >= 11 is 2.42. The van der Waals surface area contributed by atoms with Crippen molar-refractivity contribution in [3.05, 3.63) is 22.3 Å². The molecule has 3 aliphatic heterocycles. The van der Waals surface area contributed by atoms with Crippen molar-refractivity contribution in [1.29, 1.82) is 0 Å². The van der Waals surface area contributed by atoms with Gasteiger partial charge >= 0.3 is 11.9 Å². The lowest BCUT2D eigenvalue weighted by molar-refractivity contribution is -0.894. The summed E-state index contributed by atoms with van der Waals surface area (Å²) in [7, 11) is 7.61. The highest BCUT2D eigenvalue weighted by molar-refractivity contribution is 8.00. The second kappa shape index (κ2) is 11.7. The van der Waals surface area contributed by atoms with Crippen molar-refractivity contribution in [3.8, 4) is 0 Å². The van der Waals surface area contributed by atoms with Crippen LogP contribution in [0.5, 0.6) is 0 Å². The number of amides is 3. The molecule has 2 fully saturated rings. The van der Waals surface area contributed by atoms with Gasteiger partial charge < -0.3 is 35.1 Å². The van der Waals surface area contributed by atoms with Gasteiger partial charge in [0.05, 0.1) is 27.2 Å². The maximum Gasteiger partial charge on any atom is 0.352 e. The van der Waals surface area contributed by atoms with Gasteiger partial charge in [-0.3, -0.25) is 24.1 Å². The third kappa shape index (κ3) is 5.73. The number of carbonyl (C=O) groups is 5. The smallest absolute Gasteiger partial charge is 0.352 e. The number of thioether (sulfide) groups is 1. The SMILES string of the molecule is CO/N=C(\C(=O)N[C@@H]1C(=O)N2C(C(=O)O)=C(C[N+]3(C)CC(C(=O)OC)C(C(=O)N(C)C)C3)CS[C@H]12)c1csc(N)n1. The molecule has 15 nitrogen and oxygen atoms in total. The Bertz CT molecular complexity index is 1340. The van der Waals surface area contributed by atoms with E-state index in [1.807, 2.05) is 7.05 Å². The standard InChI is InChI=1S/C24H31N7O8S2/c1-29(2)19(33)12-7-31(3,8-13(12)23(37)38-4)6-11-9-40-21-16(20(34)30(21)17(11)22(35)36)27-18(32)15(28-39-5)14-10-41-24(25)26-14/h10,12-13,16,21H,6-9H2,1-5H3,(H3-,25,26,27,32,35,36)/p+1/b28-15-/t12?,13?,16-,21-,31?/m1/s1. The number of carboxylic acids is 1. The first-order valence-electron chi connectivity index (χ1n) is 12.5. The van der Waals surface area contributed by atoms with Crippen molar-refractivity contribution in [3.63, 3.8) is 0 Å². The number of likely N-dealkylation sites (tertiary alicyclic amines) is 1. The van der Waals surface area contributed by atoms with Gasteiger partial charge in [-0.25, -0.2) is 9.78 Å². The summed E-state index contributed by atoms with van der Waals surface area (Å²) in [5.74, 6) is -4.32. The van der Waals surface area contributed by atoms with Crippen molar-refractivity contribution in [2.75, 3.05) is 66.5 Å². The zero-order chi connectivity index (χ0) is 30.2. The number of oxime groups is 1. The number of thiazole rings is 1. The van der Waals surface area contributed by atoms with Crippen LogP contribution < -0.4 is 11.1 Å². The molecule has 4 N–H and O–H groups in total. The van der Waals surface area contributed by atoms with Gasteiger partial charge in [-0.2, -0.15) is 0 Å². The van der Waals surface area contributed by atoms with Crippen LogP contribution in [0, 0.1) is 11.8 Å². The van der Waals surface area contributed by atoms with Gasteiger partial charge in [0.2, 0.25) is 5.91 Å². The molecule has 17 heteroatoms. The number of methoxy groups -OCH3 is 1. The molecule has 0 spiro atoms. The number of hydrogen-bond donors (Lipinski definition) is 3. The predicted octanol–water partition coefficient (Wildman–Crippen LogP) is -1.23. The van der Waals surface area contributed by atoms with Gasteiger partial charge in [-0.1, -0.05) is 5.16 Å². The summed E-state index contributed by atoms with van der Waals surface area (Å²) in [5.41, 5.74) is 6.02. The van der Waals surface area contributed by atoms with E-state index in [-0.39, 0.29) is 51.5 Å². The summed E-state index contributed by atoms with van der Waals surface area (Å²) in [4.78, 5) is 75.4. The highest BCUT2D eigenvalue weighted by atomic mass is 32.2. The van der Waals surface area contributed by atoms with Crippen LogP contribution in [0.25, 0.3) is 0 Å². The predicted molar refractivity (Wildman–Crippen MR) is 148 cm³/mol. The number of carboxylic acid groups (broad SMARTS) is 1. The summed E-state index contributed by atoms with van der Waals surface area (Å²) in [6, 6.07) is -0.996. The molecule has 0 bridgehead atoms. The maximum absolute atomic E-state index is 13.2. The number of quaternary nitrogens is 1. The van der Waals surface area contributed by atoms with Crippen LogP contribution in [0.2, 0.25) is 0 Å². The summed E-state index contributed by atoms with van der Waals surface area (Å²) in [6.45, 7) is 0.788. The van der Waals surface area contributed by atoms with E-state index < -0.39 is 47.0 Å². The molecule has 3 unspecified atom stereocenters. The fourth-order valence-corrected chi connectivity index (χ4v) is 7.43. The van der Waals surface area contributed by atoms with Gasteiger partial charge in [0, 0.05) is 30.8 Å². The fourth-order valence-electron chi connectivity index (χ4n) is 5.55. The molecule has 0 radical (unpaired) electrons. The lowest BCUT2D eigenvalue weighted by Crippen LogP contribution is -2.71. The average Bonchev–Trinajstić information content (AvgIpc) is 3.51. The Morgan fingerprint density at radius 2 is 1.95 bits per heavy atom. The van der Waals surface area contributed by atoms with Crippen molar-refractivity contribution >= 4 is 63.6 Å². The molecule has 3 amide bonds. The first-order chi connectivity index (χ1) is 19.3. The number of nitrogens with one attached hydrogen (secondary N) is 1. The number of nitrogens with zero attached hydrogens (tertiary/aromatic N) is 5. The minimum atomic E-state index is -1.28. The van der Waals surface area contributed by atoms with Gasteiger partial charge in [0.15, 0.2) is 10.8 Å². The fraction of sp³-hybridized carbons (Fsp3) is 0.542. The molecule has 3 aliphatic rings. The Morgan fingerprint density at radius 3 is 2.51 bits per heavy atom. The van der Waals surface area contributed by atoms with E-state index in [9.17, 15) is 29.1 Å². The van der Waals surface area contributed by atoms with Crippen LogP contribution in [-0.2, 0) is 33.5 Å². The summed E-state index contributed by atoms with van der Waals surface area (Å²) in [5, 5.41) is 17.6. The van der Waals surface area contributed by atoms with Gasteiger partial charge in [-0.05, 0) is 0 Å². The number of rotatable bonds is 9. The maximum atomic E-state index is 13.2. The molecule has 5 atom stereocenters. The molecular weight excluding hydrogens is 578 g/mol. The molecule has 4 heterocycles. The number of nitrogen functional groups attached to an aromatic ring is 1. The number of hydrogen-bond acceptors (Lipinski definition) is 12. The first kappa shape index (κ1) is 30.3. The third-order valence-corrected chi connectivity index (χ3v) is 9.31. The number of anilines is 1. The molecule has 0 aliphatic carbocycles. The average molecular weight is 611 g/mol. The zero-order valence-corrected chi connectivity index (χ0v) is 24.8. The second-order valence-corrected chi connectivity index (χ2v) is 12.4. The molecule has 0 aromatic carbocycles. The van der Waals surface area contributed by atoms with Crippen molar-refractivity contribution < 1.29 is 43.1 Å². The molecular formula is C24H32N7O8S2+. The molecule has 41 heavy (non-hydrogen) atoms. The Balaban J connectivity index is 1.54. The van der Waals surface area contributed by atoms with Crippen LogP contribution in [0.15, 0.2) is 21.8 Å². The number of carbonyl (C=O) groups excluding carboxylic acids is 4. The van der Waals surface area contributed by atoms with Crippen molar-refractivity contribution in [2.45, 2.75) is 11.4 Å². The van der Waals surface area contributed by atoms with Crippen LogP contribution in [0.1, 0.15) is 5.69 Å². The molecule has 1 aromatic rings. The Hall–Kier alpha value is -3.70. The number of fused-ring (bicyclic) bond motifs is 1. The Kier molecular flexibility index (Phi) is 8.60. The topological polar surface area (TPSA) is 194 Å². The quantitative estimate of drug-likeness (QED) is 0.0996. The number of likely N-dealkylation sites (N-methyl/N-ethyl adjacent to an activating group) is 1. The first-order valence-corrected chi connectivity index (χ1v) is 14.4. The molecule has 0 saturated carbocycles. The third-order valence-electron chi connectivity index (χ3n) is 7.29. The van der Waals surface area contributed by atoms with Crippen molar-refractivity contribution in [2.24, 2.45) is 17.0 Å². The number of nitrogens with two attached hydrogens (primary N) is 1. The number of aromatic nitrogens is 1. The Morgan fingerprint density at radius 1 is 1.27 bits per heavy atom. The van der Waals surface area contributed by atoms with E-state index in [1.54, 1.807) is 14.1 Å². The number of ether oxygens (including phenoxy) is 1. The van der Waals surface area contributed by atoms with E-state index in [4.69, 9.17) is 15.3 Å². The Labute approximate surface area is 243 Å². The number of aliphatic carboxylic acids is 1. The van der Waals surface area contributed by atoms with Crippen molar-refractivity contribution in [1.82, 2.24) is 20.1 Å². The van der Waals surface area contributed by atoms with Crippen LogP contribution in [-0.4, -0.2) is 132 Å². The molecule has 222 valence electrons. The summed E-state index contributed by atoms with van der Waals surface area (Å²) < 4.78 is 5.17. The van der Waals surface area contributed by atoms with Crippen LogP contribution in [0.4, 0.5) is 5.13 Å². The minimum Gasteiger partial charge on any atom is -0.477 e. The van der Waals surface area contributed by atoms with Gasteiger partial charge in [0.25, 0.3) is 11.8 Å². The normalized spacial score (nSPS) is 27.6. The van der Waals surface area contributed by atoms with E-state index in [1.165, 1.54) is 41.2 Å². The number of β-lactam (4-membered cyclic amide) rings is 1. The van der Waals surface area contributed by atoms with Crippen LogP contribution >= 0.6 is 23.1 Å². The van der Waals surface area contributed by atoms with E-state index in [0.29, 0.717) is 12.1 Å². The highest BCUT2D eigenvalue weighted by Gasteiger charge is 2.56. The number of esters is 1. The van der Waals surface area contributed by atoms with Gasteiger partial charge in [0.1, 0.15) is 48.3 Å². The largest absolute Gasteiger partial charge is 0.477 e. The molecule has 4 rings (SSSR count). The van der Waals surface area contributed by atoms with Gasteiger partial charge in [-0.15, -0.1) is 23.1 Å². The minimum absolute atomic E-state index is 0.154. The molecule has 2 saturated heterocycles. The highest BCUT2D eigenvalue weighted by Crippen LogP contribution is 2.42. The van der Waals surface area contributed by atoms with E-state index in [2.05, 4.69) is 15.5 Å². The second-order valence-electron chi connectivity index (χ2n) is 10.4. The monoisotopic (exact) mass is 610 g/mol. The lowest BCUT2D eigenvalue weighted by Gasteiger charge is -2.49. The van der Waals surface area contributed by atoms with E-state index in [0.717, 1.165) is 11.3 Å². The zero-order valence-electron chi connectivity index (χ0n) is 23.2. The lowest BCUT2D eigenvalue weighted by atomic mass is 9.95.